The summed E-state index contributed by atoms with van der Waals surface area (Å²) in [6, 6.07) is 28.1. The molecule has 0 fully saturated rings. The summed E-state index contributed by atoms with van der Waals surface area (Å²) in [5.41, 5.74) is 4.18. The Bertz CT molecular complexity index is 1080. The molecule has 2 heterocycles. The SMILES string of the molecule is CCC1Nc2ccccc2CC12C(=O)N(c1ccccc1)N=C2c1ccccc1. The number of nitrogens with one attached hydrogen (secondary N) is 1. The molecule has 2 aliphatic rings. The van der Waals surface area contributed by atoms with Gasteiger partial charge in [0.15, 0.2) is 0 Å². The Morgan fingerprint density at radius 3 is 2.34 bits per heavy atom. The summed E-state index contributed by atoms with van der Waals surface area (Å²) >= 11 is 0. The highest BCUT2D eigenvalue weighted by molar-refractivity contribution is 6.26. The summed E-state index contributed by atoms with van der Waals surface area (Å²) in [5, 5.41) is 10.2. The van der Waals surface area contributed by atoms with Gasteiger partial charge in [-0.2, -0.15) is 10.1 Å². The van der Waals surface area contributed by atoms with Crippen molar-refractivity contribution in [2.75, 3.05) is 10.3 Å². The van der Waals surface area contributed by atoms with Crippen LogP contribution in [0, 0.1) is 5.41 Å². The minimum Gasteiger partial charge on any atom is -0.381 e. The van der Waals surface area contributed by atoms with Gasteiger partial charge in [0, 0.05) is 11.7 Å². The van der Waals surface area contributed by atoms with Crippen molar-refractivity contribution in [3.8, 4) is 0 Å². The molecular weight excluding hydrogens is 358 g/mol. The highest BCUT2D eigenvalue weighted by Gasteiger charge is 2.58. The average Bonchev–Trinajstić information content (AvgIpc) is 3.07. The molecule has 3 aromatic carbocycles. The Morgan fingerprint density at radius 2 is 1.62 bits per heavy atom. The van der Waals surface area contributed by atoms with Crippen LogP contribution in [0.25, 0.3) is 0 Å². The second-order valence-electron chi connectivity index (χ2n) is 7.68. The van der Waals surface area contributed by atoms with Gasteiger partial charge in [-0.15, -0.1) is 0 Å². The number of benzene rings is 3. The smallest absolute Gasteiger partial charge is 0.262 e. The van der Waals surface area contributed by atoms with Crippen LogP contribution < -0.4 is 10.3 Å². The minimum absolute atomic E-state index is 0.0300. The molecule has 0 saturated carbocycles. The van der Waals surface area contributed by atoms with Crippen molar-refractivity contribution >= 4 is 23.0 Å². The number of anilines is 2. The first-order valence-corrected chi connectivity index (χ1v) is 10.1. The second kappa shape index (κ2) is 6.89. The maximum atomic E-state index is 14.0. The van der Waals surface area contributed by atoms with Crippen LogP contribution in [-0.4, -0.2) is 17.7 Å². The van der Waals surface area contributed by atoms with Gasteiger partial charge in [-0.05, 0) is 42.2 Å². The van der Waals surface area contributed by atoms with E-state index in [9.17, 15) is 4.79 Å². The zero-order valence-electron chi connectivity index (χ0n) is 16.4. The standard InChI is InChI=1S/C25H23N3O/c1-2-22-25(17-19-13-9-10-16-21(19)26-22)23(18-11-5-3-6-12-18)27-28(24(25)29)20-14-7-4-8-15-20/h3-16,22,26H,2,17H2,1H3. The monoisotopic (exact) mass is 381 g/mol. The number of hydrogen-bond acceptors (Lipinski definition) is 3. The van der Waals surface area contributed by atoms with E-state index in [1.165, 1.54) is 0 Å². The van der Waals surface area contributed by atoms with Crippen LogP contribution in [0.5, 0.6) is 0 Å². The minimum atomic E-state index is -0.736. The highest BCUT2D eigenvalue weighted by Crippen LogP contribution is 2.46. The van der Waals surface area contributed by atoms with Gasteiger partial charge in [0.1, 0.15) is 5.41 Å². The molecule has 0 aliphatic carbocycles. The normalized spacial score (nSPS) is 22.9. The number of carbonyl (C=O) groups excluding carboxylic acids is 1. The Morgan fingerprint density at radius 1 is 0.966 bits per heavy atom. The van der Waals surface area contributed by atoms with E-state index in [1.807, 2.05) is 60.7 Å². The van der Waals surface area contributed by atoms with E-state index in [-0.39, 0.29) is 11.9 Å². The molecule has 4 heteroatoms. The van der Waals surface area contributed by atoms with E-state index < -0.39 is 5.41 Å². The second-order valence-corrected chi connectivity index (χ2v) is 7.68. The Kier molecular flexibility index (Phi) is 4.20. The van der Waals surface area contributed by atoms with Crippen molar-refractivity contribution in [2.45, 2.75) is 25.8 Å². The number of rotatable bonds is 3. The molecule has 2 aliphatic heterocycles. The summed E-state index contributed by atoms with van der Waals surface area (Å²) in [6.45, 7) is 2.13. The molecule has 3 aromatic rings. The summed E-state index contributed by atoms with van der Waals surface area (Å²) in [5.74, 6) is 0.0383. The first-order chi connectivity index (χ1) is 14.2. The number of para-hydroxylation sites is 2. The van der Waals surface area contributed by atoms with Crippen molar-refractivity contribution in [2.24, 2.45) is 10.5 Å². The maximum absolute atomic E-state index is 14.0. The Labute approximate surface area is 170 Å². The lowest BCUT2D eigenvalue weighted by Crippen LogP contribution is -2.55. The van der Waals surface area contributed by atoms with Crippen LogP contribution >= 0.6 is 0 Å². The molecule has 1 spiro atoms. The quantitative estimate of drug-likeness (QED) is 0.703. The van der Waals surface area contributed by atoms with Gasteiger partial charge in [0.25, 0.3) is 5.91 Å². The first kappa shape index (κ1) is 17.7. The molecular formula is C25H23N3O. The van der Waals surface area contributed by atoms with Gasteiger partial charge in [-0.3, -0.25) is 4.79 Å². The third-order valence-electron chi connectivity index (χ3n) is 6.06. The Balaban J connectivity index is 1.71. The fraction of sp³-hybridized carbons (Fsp3) is 0.200. The zero-order valence-corrected chi connectivity index (χ0v) is 16.4. The molecule has 1 amide bonds. The van der Waals surface area contributed by atoms with E-state index in [2.05, 4.69) is 36.5 Å². The maximum Gasteiger partial charge on any atom is 0.262 e. The molecule has 0 radical (unpaired) electrons. The molecule has 0 bridgehead atoms. The summed E-state index contributed by atoms with van der Waals surface area (Å²) < 4.78 is 0. The molecule has 144 valence electrons. The summed E-state index contributed by atoms with van der Waals surface area (Å²) in [7, 11) is 0. The summed E-state index contributed by atoms with van der Waals surface area (Å²) in [4.78, 5) is 14.0. The predicted octanol–water partition coefficient (Wildman–Crippen LogP) is 4.87. The average molecular weight is 381 g/mol. The van der Waals surface area contributed by atoms with Crippen LogP contribution in [0.3, 0.4) is 0 Å². The zero-order chi connectivity index (χ0) is 19.8. The number of hydrazone groups is 1. The van der Waals surface area contributed by atoms with Crippen molar-refractivity contribution in [1.82, 2.24) is 0 Å². The lowest BCUT2D eigenvalue weighted by molar-refractivity contribution is -0.124. The number of fused-ring (bicyclic) bond motifs is 1. The lowest BCUT2D eigenvalue weighted by atomic mass is 9.66. The van der Waals surface area contributed by atoms with Gasteiger partial charge < -0.3 is 5.32 Å². The topological polar surface area (TPSA) is 44.7 Å². The third kappa shape index (κ3) is 2.67. The highest BCUT2D eigenvalue weighted by atomic mass is 16.2. The fourth-order valence-electron chi connectivity index (χ4n) is 4.65. The first-order valence-electron chi connectivity index (χ1n) is 10.1. The van der Waals surface area contributed by atoms with E-state index in [1.54, 1.807) is 5.01 Å². The van der Waals surface area contributed by atoms with Gasteiger partial charge in [-0.25, -0.2) is 0 Å². The van der Waals surface area contributed by atoms with Gasteiger partial charge in [0.2, 0.25) is 0 Å². The van der Waals surface area contributed by atoms with Crippen LogP contribution in [-0.2, 0) is 11.2 Å². The predicted molar refractivity (Wildman–Crippen MR) is 117 cm³/mol. The van der Waals surface area contributed by atoms with Crippen LogP contribution in [0.4, 0.5) is 11.4 Å². The molecule has 2 atom stereocenters. The van der Waals surface area contributed by atoms with Gasteiger partial charge in [0.05, 0.1) is 11.4 Å². The van der Waals surface area contributed by atoms with Crippen molar-refractivity contribution < 1.29 is 4.79 Å². The number of amides is 1. The fourth-order valence-corrected chi connectivity index (χ4v) is 4.65. The van der Waals surface area contributed by atoms with Crippen LogP contribution in [0.15, 0.2) is 90.0 Å². The van der Waals surface area contributed by atoms with E-state index in [0.717, 1.165) is 34.6 Å². The number of nitrogens with zero attached hydrogens (tertiary/aromatic N) is 2. The summed E-state index contributed by atoms with van der Waals surface area (Å²) in [6.07, 6.45) is 1.47. The number of hydrogen-bond donors (Lipinski definition) is 1. The molecule has 0 saturated heterocycles. The molecule has 5 rings (SSSR count). The molecule has 2 unspecified atom stereocenters. The van der Waals surface area contributed by atoms with E-state index in [4.69, 9.17) is 5.10 Å². The molecule has 29 heavy (non-hydrogen) atoms. The molecule has 0 aromatic heterocycles. The van der Waals surface area contributed by atoms with E-state index >= 15 is 0 Å². The molecule has 4 nitrogen and oxygen atoms in total. The van der Waals surface area contributed by atoms with Crippen molar-refractivity contribution in [1.29, 1.82) is 0 Å². The van der Waals surface area contributed by atoms with E-state index in [0.29, 0.717) is 6.42 Å². The number of carbonyl (C=O) groups is 1. The Hall–Kier alpha value is -3.40. The van der Waals surface area contributed by atoms with Crippen LogP contribution in [0.2, 0.25) is 0 Å². The van der Waals surface area contributed by atoms with Crippen molar-refractivity contribution in [3.05, 3.63) is 96.1 Å². The van der Waals surface area contributed by atoms with Crippen LogP contribution in [0.1, 0.15) is 24.5 Å². The van der Waals surface area contributed by atoms with Crippen molar-refractivity contribution in [3.63, 3.8) is 0 Å². The largest absolute Gasteiger partial charge is 0.381 e. The molecule has 1 N–H and O–H groups in total. The van der Waals surface area contributed by atoms with Gasteiger partial charge >= 0.3 is 0 Å². The van der Waals surface area contributed by atoms with Gasteiger partial charge in [-0.1, -0.05) is 73.7 Å². The lowest BCUT2D eigenvalue weighted by Gasteiger charge is -2.42. The third-order valence-corrected chi connectivity index (χ3v) is 6.06.